The molecule has 1 unspecified atom stereocenters. The van der Waals surface area contributed by atoms with E-state index in [4.69, 9.17) is 9.84 Å². The number of aromatic carboxylic acids is 1. The van der Waals surface area contributed by atoms with Crippen molar-refractivity contribution in [3.63, 3.8) is 0 Å². The van der Waals surface area contributed by atoms with Gasteiger partial charge in [-0.25, -0.2) is 4.79 Å². The molecule has 0 spiro atoms. The molecule has 0 amide bonds. The van der Waals surface area contributed by atoms with Crippen molar-refractivity contribution in [2.75, 3.05) is 19.7 Å². The third-order valence-corrected chi connectivity index (χ3v) is 4.35. The minimum absolute atomic E-state index is 0.118. The Morgan fingerprint density at radius 3 is 3.10 bits per heavy atom. The molecule has 1 aromatic heterocycles. The number of benzene rings is 1. The molecule has 5 heteroatoms. The van der Waals surface area contributed by atoms with E-state index in [1.54, 1.807) is 29.5 Å². The van der Waals surface area contributed by atoms with E-state index in [1.807, 2.05) is 6.07 Å². The number of ether oxygens (including phenoxy) is 1. The Kier molecular flexibility index (Phi) is 4.34. The predicted octanol–water partition coefficient (Wildman–Crippen LogP) is 3.02. The highest BCUT2D eigenvalue weighted by atomic mass is 32.1. The van der Waals surface area contributed by atoms with Gasteiger partial charge in [0.15, 0.2) is 0 Å². The number of carboxylic acid groups (broad SMARTS) is 1. The van der Waals surface area contributed by atoms with Crippen LogP contribution in [0.3, 0.4) is 0 Å². The second kappa shape index (κ2) is 6.39. The lowest BCUT2D eigenvalue weighted by Crippen LogP contribution is -2.37. The molecular weight excluding hydrogens is 286 g/mol. The number of carbonyl (C=O) groups is 1. The molecule has 110 valence electrons. The molecule has 1 aliphatic heterocycles. The monoisotopic (exact) mass is 303 g/mol. The van der Waals surface area contributed by atoms with Crippen LogP contribution in [-0.4, -0.2) is 35.7 Å². The third kappa shape index (κ3) is 3.50. The number of carboxylic acids is 1. The molecule has 0 bridgehead atoms. The molecular formula is C16H17NO3S. The molecule has 0 radical (unpaired) electrons. The zero-order valence-electron chi connectivity index (χ0n) is 11.6. The minimum Gasteiger partial charge on any atom is -0.478 e. The van der Waals surface area contributed by atoms with Crippen LogP contribution in [0.15, 0.2) is 41.1 Å². The number of hydrogen-bond donors (Lipinski definition) is 1. The third-order valence-electron chi connectivity index (χ3n) is 3.65. The highest BCUT2D eigenvalue weighted by Gasteiger charge is 2.22. The highest BCUT2D eigenvalue weighted by Crippen LogP contribution is 2.25. The molecule has 2 aromatic rings. The Hall–Kier alpha value is -1.69. The topological polar surface area (TPSA) is 49.8 Å². The van der Waals surface area contributed by atoms with E-state index >= 15 is 0 Å². The summed E-state index contributed by atoms with van der Waals surface area (Å²) in [6.45, 7) is 3.18. The van der Waals surface area contributed by atoms with Crippen molar-refractivity contribution in [1.82, 2.24) is 4.90 Å². The van der Waals surface area contributed by atoms with Crippen molar-refractivity contribution in [1.29, 1.82) is 0 Å². The molecule has 0 saturated carbocycles. The van der Waals surface area contributed by atoms with Gasteiger partial charge in [-0.3, -0.25) is 4.90 Å². The number of nitrogens with zero attached hydrogens (tertiary/aromatic N) is 1. The van der Waals surface area contributed by atoms with E-state index in [0.717, 1.165) is 25.2 Å². The maximum absolute atomic E-state index is 11.0. The van der Waals surface area contributed by atoms with Crippen molar-refractivity contribution in [3.05, 3.63) is 57.8 Å². The Balaban J connectivity index is 1.67. The summed E-state index contributed by atoms with van der Waals surface area (Å²) in [6, 6.07) is 9.25. The summed E-state index contributed by atoms with van der Waals surface area (Å²) in [5, 5.41) is 13.2. The second-order valence-corrected chi connectivity index (χ2v) is 5.94. The molecule has 21 heavy (non-hydrogen) atoms. The van der Waals surface area contributed by atoms with Crippen LogP contribution in [0.4, 0.5) is 0 Å². The van der Waals surface area contributed by atoms with Crippen molar-refractivity contribution in [2.45, 2.75) is 12.6 Å². The molecule has 1 fully saturated rings. The summed E-state index contributed by atoms with van der Waals surface area (Å²) in [7, 11) is 0. The Morgan fingerprint density at radius 1 is 1.43 bits per heavy atom. The van der Waals surface area contributed by atoms with Crippen LogP contribution in [0.2, 0.25) is 0 Å². The summed E-state index contributed by atoms with van der Waals surface area (Å²) < 4.78 is 5.82. The fourth-order valence-electron chi connectivity index (χ4n) is 2.57. The van der Waals surface area contributed by atoms with E-state index in [0.29, 0.717) is 12.2 Å². The van der Waals surface area contributed by atoms with Gasteiger partial charge in [-0.05, 0) is 40.1 Å². The van der Waals surface area contributed by atoms with Crippen LogP contribution in [0.1, 0.15) is 27.6 Å². The normalized spacial score (nSPS) is 19.5. The van der Waals surface area contributed by atoms with Crippen molar-refractivity contribution < 1.29 is 14.6 Å². The minimum atomic E-state index is -0.880. The smallest absolute Gasteiger partial charge is 0.335 e. The summed E-state index contributed by atoms with van der Waals surface area (Å²) in [5.41, 5.74) is 2.60. The maximum Gasteiger partial charge on any atom is 0.335 e. The van der Waals surface area contributed by atoms with Crippen LogP contribution >= 0.6 is 11.3 Å². The van der Waals surface area contributed by atoms with Crippen LogP contribution in [-0.2, 0) is 11.3 Å². The van der Waals surface area contributed by atoms with Crippen LogP contribution in [0.5, 0.6) is 0 Å². The molecule has 0 aliphatic carbocycles. The number of rotatable bonds is 4. The Labute approximate surface area is 127 Å². The molecule has 1 saturated heterocycles. The van der Waals surface area contributed by atoms with Gasteiger partial charge in [0, 0.05) is 19.6 Å². The average molecular weight is 303 g/mol. The van der Waals surface area contributed by atoms with Crippen LogP contribution in [0.25, 0.3) is 0 Å². The number of morpholine rings is 1. The van der Waals surface area contributed by atoms with E-state index in [2.05, 4.69) is 21.7 Å². The average Bonchev–Trinajstić information content (AvgIpc) is 3.02. The molecule has 2 heterocycles. The van der Waals surface area contributed by atoms with Crippen LogP contribution in [0, 0.1) is 0 Å². The van der Waals surface area contributed by atoms with E-state index in [1.165, 1.54) is 5.56 Å². The Morgan fingerprint density at radius 2 is 2.33 bits per heavy atom. The van der Waals surface area contributed by atoms with Crippen molar-refractivity contribution in [2.24, 2.45) is 0 Å². The van der Waals surface area contributed by atoms with Crippen molar-refractivity contribution >= 4 is 17.3 Å². The quantitative estimate of drug-likeness (QED) is 0.943. The molecule has 1 atom stereocenters. The summed E-state index contributed by atoms with van der Waals surface area (Å²) in [4.78, 5) is 13.3. The maximum atomic E-state index is 11.0. The fourth-order valence-corrected chi connectivity index (χ4v) is 3.27. The lowest BCUT2D eigenvalue weighted by molar-refractivity contribution is -0.0327. The first-order valence-corrected chi connectivity index (χ1v) is 7.85. The lowest BCUT2D eigenvalue weighted by Gasteiger charge is -2.32. The lowest BCUT2D eigenvalue weighted by atomic mass is 10.1. The second-order valence-electron chi connectivity index (χ2n) is 5.16. The van der Waals surface area contributed by atoms with Gasteiger partial charge in [-0.15, -0.1) is 0 Å². The molecule has 3 rings (SSSR count). The standard InChI is InChI=1S/C16H17NO3S/c18-16(19)13-3-1-2-12(8-13)9-17-5-6-20-15(10-17)14-4-7-21-11-14/h1-4,7-8,11,15H,5-6,9-10H2,(H,18,19). The van der Waals surface area contributed by atoms with E-state index < -0.39 is 5.97 Å². The largest absolute Gasteiger partial charge is 0.478 e. The van der Waals surface area contributed by atoms with Gasteiger partial charge in [0.2, 0.25) is 0 Å². The van der Waals surface area contributed by atoms with Gasteiger partial charge in [0.05, 0.1) is 18.3 Å². The van der Waals surface area contributed by atoms with E-state index in [-0.39, 0.29) is 6.10 Å². The molecule has 4 nitrogen and oxygen atoms in total. The summed E-state index contributed by atoms with van der Waals surface area (Å²) >= 11 is 1.68. The van der Waals surface area contributed by atoms with Gasteiger partial charge < -0.3 is 9.84 Å². The van der Waals surface area contributed by atoms with Gasteiger partial charge in [-0.1, -0.05) is 12.1 Å². The number of thiophene rings is 1. The Bertz CT molecular complexity index is 612. The van der Waals surface area contributed by atoms with Crippen molar-refractivity contribution in [3.8, 4) is 0 Å². The van der Waals surface area contributed by atoms with Crippen LogP contribution < -0.4 is 0 Å². The predicted molar refractivity (Wildman–Crippen MR) is 81.7 cm³/mol. The first-order chi connectivity index (χ1) is 10.2. The number of hydrogen-bond acceptors (Lipinski definition) is 4. The van der Waals surface area contributed by atoms with Gasteiger partial charge in [-0.2, -0.15) is 11.3 Å². The first kappa shape index (κ1) is 14.3. The van der Waals surface area contributed by atoms with Gasteiger partial charge >= 0.3 is 5.97 Å². The zero-order valence-corrected chi connectivity index (χ0v) is 12.4. The highest BCUT2D eigenvalue weighted by molar-refractivity contribution is 7.07. The first-order valence-electron chi connectivity index (χ1n) is 6.90. The molecule has 1 aliphatic rings. The molecule has 1 aromatic carbocycles. The fraction of sp³-hybridized carbons (Fsp3) is 0.312. The summed E-state index contributed by atoms with van der Waals surface area (Å²) in [6.07, 6.45) is 0.118. The summed E-state index contributed by atoms with van der Waals surface area (Å²) in [5.74, 6) is -0.880. The zero-order chi connectivity index (χ0) is 14.7. The van der Waals surface area contributed by atoms with Gasteiger partial charge in [0.1, 0.15) is 0 Å². The van der Waals surface area contributed by atoms with Gasteiger partial charge in [0.25, 0.3) is 0 Å². The van der Waals surface area contributed by atoms with E-state index in [9.17, 15) is 4.79 Å². The molecule has 1 N–H and O–H groups in total. The SMILES string of the molecule is O=C(O)c1cccc(CN2CCOC(c3ccsc3)C2)c1.